The lowest BCUT2D eigenvalue weighted by Gasteiger charge is -2.32. The molecule has 0 spiro atoms. The maximum absolute atomic E-state index is 14.7. The van der Waals surface area contributed by atoms with Crippen LogP contribution >= 0.6 is 11.8 Å². The molecule has 0 radical (unpaired) electrons. The molecular weight excluding hydrogens is 1250 g/mol. The molecule has 2 aliphatic heterocycles. The van der Waals surface area contributed by atoms with Crippen molar-refractivity contribution in [1.29, 1.82) is 0 Å². The molecule has 0 unspecified atom stereocenters. The molecule has 0 aliphatic carbocycles. The van der Waals surface area contributed by atoms with E-state index in [1.54, 1.807) is 60.7 Å². The van der Waals surface area contributed by atoms with E-state index in [4.69, 9.17) is 40.1 Å². The number of rotatable bonds is 42. The number of nitrogens with two attached hydrogens (primary N) is 7. The number of aliphatic imine (C=N–C) groups is 1. The van der Waals surface area contributed by atoms with Gasteiger partial charge in [-0.3, -0.25) is 67.3 Å². The molecule has 2 saturated heterocycles. The number of hydrogen-bond donors (Lipinski definition) is 15. The number of hydrogen-bond acceptors (Lipinski definition) is 17. The third kappa shape index (κ3) is 27.5. The second-order valence-corrected chi connectivity index (χ2v) is 25.1. The standard InChI is InChI=1S/C63H98N18O13S/c1-37(2)33-45(57(89)74-41(53(68)85)27-32-95-3)73-52(84)36-72-54(86)46(34-38-15-6-4-7-16-38)78-58(90)47(35-39-17-8-5-9-18-39)79-56(88)42(23-25-50(66)82)75-55(87)43(24-26-51(67)83)76-59(91)49-22-14-31-81(49)62(94)44(20-10-11-28-64)77-60(92)48-21-13-30-80(48)61(93)40(65)19-12-29-71-63(69)70/h4-9,15-18,37,40-49H,10-14,19-36,64-65H2,1-3H3,(H2,66,82)(H2,67,83)(H2,68,85)(H,72,86)(H,73,84)(H,74,89)(H,75,87)(H,76,91)(H,77,92)(H,78,90)(H,79,88)(H4,69,70,71)/t40-,41+,42-,43+,44-,45-,46+,47-,48+,49+/m1/s1. The Labute approximate surface area is 558 Å². The van der Waals surface area contributed by atoms with Gasteiger partial charge >= 0.3 is 0 Å². The minimum absolute atomic E-state index is 0.0736. The van der Waals surface area contributed by atoms with Gasteiger partial charge in [0, 0.05) is 45.3 Å². The molecule has 10 atom stereocenters. The first-order valence-electron chi connectivity index (χ1n) is 32.2. The van der Waals surface area contributed by atoms with Gasteiger partial charge in [0.25, 0.3) is 0 Å². The number of guanidine groups is 1. The molecule has 2 aliphatic rings. The predicted octanol–water partition coefficient (Wildman–Crippen LogP) is -3.71. The molecule has 0 bridgehead atoms. The summed E-state index contributed by atoms with van der Waals surface area (Å²) < 4.78 is 0. The van der Waals surface area contributed by atoms with Crippen molar-refractivity contribution in [3.63, 3.8) is 0 Å². The van der Waals surface area contributed by atoms with Crippen LogP contribution in [0.5, 0.6) is 0 Å². The van der Waals surface area contributed by atoms with Crippen LogP contribution in [0.15, 0.2) is 65.7 Å². The van der Waals surface area contributed by atoms with Gasteiger partial charge in [0.2, 0.25) is 76.8 Å². The molecule has 31 nitrogen and oxygen atoms in total. The fraction of sp³-hybridized carbons (Fsp3) is 0.587. The van der Waals surface area contributed by atoms with Crippen LogP contribution in [0.3, 0.4) is 0 Å². The Morgan fingerprint density at radius 3 is 1.51 bits per heavy atom. The molecule has 2 aromatic rings. The topological polar surface area (TPSA) is 519 Å². The maximum atomic E-state index is 14.7. The normalized spacial score (nSPS) is 16.8. The molecule has 4 rings (SSSR count). The van der Waals surface area contributed by atoms with Crippen LogP contribution in [0, 0.1) is 5.92 Å². The van der Waals surface area contributed by atoms with Crippen molar-refractivity contribution in [1.82, 2.24) is 52.3 Å². The third-order valence-electron chi connectivity index (χ3n) is 16.0. The zero-order chi connectivity index (χ0) is 70.1. The van der Waals surface area contributed by atoms with Gasteiger partial charge in [-0.2, -0.15) is 11.8 Å². The number of likely N-dealkylation sites (tertiary alicyclic amines) is 2. The molecule has 0 saturated carbocycles. The van der Waals surface area contributed by atoms with E-state index in [0.717, 1.165) is 0 Å². The number of amides is 13. The van der Waals surface area contributed by atoms with Crippen molar-refractivity contribution in [3.8, 4) is 0 Å². The highest BCUT2D eigenvalue weighted by atomic mass is 32.2. The second-order valence-electron chi connectivity index (χ2n) is 24.1. The molecule has 2 fully saturated rings. The first-order chi connectivity index (χ1) is 45.2. The number of nitrogens with one attached hydrogen (secondary N) is 8. The van der Waals surface area contributed by atoms with E-state index < -0.39 is 169 Å². The monoisotopic (exact) mass is 1350 g/mol. The first kappa shape index (κ1) is 78.5. The van der Waals surface area contributed by atoms with Gasteiger partial charge in [-0.05, 0) is 119 Å². The predicted molar refractivity (Wildman–Crippen MR) is 356 cm³/mol. The van der Waals surface area contributed by atoms with Crippen molar-refractivity contribution >= 4 is 94.5 Å². The fourth-order valence-electron chi connectivity index (χ4n) is 11.0. The highest BCUT2D eigenvalue weighted by Gasteiger charge is 2.42. The zero-order valence-corrected chi connectivity index (χ0v) is 55.3. The Hall–Kier alpha value is -8.91. The Balaban J connectivity index is 1.56. The average Bonchev–Trinajstić information content (AvgIpc) is 1.74. The molecule has 13 amide bonds. The molecule has 524 valence electrons. The number of unbranched alkanes of at least 4 members (excludes halogenated alkanes) is 1. The van der Waals surface area contributed by atoms with Crippen molar-refractivity contribution in [2.24, 2.45) is 51.0 Å². The summed E-state index contributed by atoms with van der Waals surface area (Å²) in [5.74, 6) is -9.80. The summed E-state index contributed by atoms with van der Waals surface area (Å²) in [4.78, 5) is 185. The lowest BCUT2D eigenvalue weighted by Crippen LogP contribution is -2.60. The number of nitrogens with zero attached hydrogens (tertiary/aromatic N) is 3. The van der Waals surface area contributed by atoms with Gasteiger partial charge in [-0.25, -0.2) is 0 Å². The van der Waals surface area contributed by atoms with Gasteiger partial charge in [-0.1, -0.05) is 74.5 Å². The van der Waals surface area contributed by atoms with E-state index in [2.05, 4.69) is 47.5 Å². The molecule has 2 heterocycles. The molecule has 22 N–H and O–H groups in total. The highest BCUT2D eigenvalue weighted by Crippen LogP contribution is 2.24. The van der Waals surface area contributed by atoms with Crippen molar-refractivity contribution in [2.75, 3.05) is 44.7 Å². The van der Waals surface area contributed by atoms with Crippen LogP contribution in [0.4, 0.5) is 0 Å². The Morgan fingerprint density at radius 2 is 1.01 bits per heavy atom. The highest BCUT2D eigenvalue weighted by molar-refractivity contribution is 7.98. The number of carbonyl (C=O) groups excluding carboxylic acids is 13. The summed E-state index contributed by atoms with van der Waals surface area (Å²) in [6, 6.07) is 4.51. The molecule has 95 heavy (non-hydrogen) atoms. The summed E-state index contributed by atoms with van der Waals surface area (Å²) in [6.07, 6.45) is 3.12. The zero-order valence-electron chi connectivity index (χ0n) is 54.5. The summed E-state index contributed by atoms with van der Waals surface area (Å²) >= 11 is 1.45. The van der Waals surface area contributed by atoms with Crippen LogP contribution < -0.4 is 82.7 Å². The van der Waals surface area contributed by atoms with Gasteiger partial charge in [0.1, 0.15) is 54.4 Å². The third-order valence-corrected chi connectivity index (χ3v) is 16.7. The second kappa shape index (κ2) is 41.0. The van der Waals surface area contributed by atoms with Crippen LogP contribution in [-0.2, 0) is 75.2 Å². The lowest BCUT2D eigenvalue weighted by atomic mass is 10.0. The minimum atomic E-state index is -1.64. The fourth-order valence-corrected chi connectivity index (χ4v) is 11.5. The van der Waals surface area contributed by atoms with E-state index >= 15 is 0 Å². The van der Waals surface area contributed by atoms with E-state index in [9.17, 15) is 62.3 Å². The van der Waals surface area contributed by atoms with E-state index in [1.165, 1.54) is 21.6 Å². The van der Waals surface area contributed by atoms with E-state index in [1.807, 2.05) is 20.1 Å². The van der Waals surface area contributed by atoms with Crippen molar-refractivity contribution in [2.45, 2.75) is 183 Å². The maximum Gasteiger partial charge on any atom is 0.245 e. The quantitative estimate of drug-likeness (QED) is 0.0173. The smallest absolute Gasteiger partial charge is 0.245 e. The summed E-state index contributed by atoms with van der Waals surface area (Å²) in [7, 11) is 0. The van der Waals surface area contributed by atoms with Gasteiger partial charge in [0.05, 0.1) is 12.6 Å². The first-order valence-corrected chi connectivity index (χ1v) is 33.6. The van der Waals surface area contributed by atoms with E-state index in [0.29, 0.717) is 55.4 Å². The summed E-state index contributed by atoms with van der Waals surface area (Å²) in [5.41, 5.74) is 40.6. The molecule has 0 aromatic heterocycles. The summed E-state index contributed by atoms with van der Waals surface area (Å²) in [5, 5.41) is 21.1. The number of thioether (sulfide) groups is 1. The summed E-state index contributed by atoms with van der Waals surface area (Å²) in [6.45, 7) is 3.86. The Morgan fingerprint density at radius 1 is 0.537 bits per heavy atom. The minimum Gasteiger partial charge on any atom is -0.370 e. The van der Waals surface area contributed by atoms with Gasteiger partial charge in [-0.15, -0.1) is 0 Å². The van der Waals surface area contributed by atoms with Crippen molar-refractivity contribution in [3.05, 3.63) is 71.8 Å². The van der Waals surface area contributed by atoms with Crippen LogP contribution in [0.1, 0.15) is 121 Å². The largest absolute Gasteiger partial charge is 0.370 e. The Bertz CT molecular complexity index is 2960. The Kier molecular flexibility index (Phi) is 33.9. The number of primary amides is 3. The van der Waals surface area contributed by atoms with Gasteiger partial charge < -0.3 is 92.5 Å². The SMILES string of the molecule is CSCC[C@H](NC(=O)[C@@H](CC(C)C)NC(=O)CNC(=O)[C@H](Cc1ccccc1)NC(=O)[C@@H](Cc1ccccc1)NC(=O)[C@@H](CCC(N)=O)NC(=O)[C@H](CCC(N)=O)NC(=O)[C@@H]1CCCN1C(=O)[C@@H](CCCCN)NC(=O)[C@@H]1CCCN1C(=O)[C@H](N)CCCN=C(N)N)C(N)=O. The van der Waals surface area contributed by atoms with Crippen LogP contribution in [0.2, 0.25) is 0 Å². The van der Waals surface area contributed by atoms with Crippen LogP contribution in [-0.4, -0.2) is 198 Å². The molecule has 32 heteroatoms. The number of carbonyl (C=O) groups is 13. The molecule has 2 aromatic carbocycles. The van der Waals surface area contributed by atoms with E-state index in [-0.39, 0.29) is 83.0 Å². The van der Waals surface area contributed by atoms with Crippen molar-refractivity contribution < 1.29 is 62.3 Å². The van der Waals surface area contributed by atoms with Gasteiger partial charge in [0.15, 0.2) is 5.96 Å². The van der Waals surface area contributed by atoms with Crippen LogP contribution in [0.25, 0.3) is 0 Å². The lowest BCUT2D eigenvalue weighted by molar-refractivity contribution is -0.144. The molecular formula is C63H98N18O13S. The average molecular weight is 1350 g/mol. The number of benzene rings is 2.